The Kier molecular flexibility index (Phi) is 4.18. The number of hydrogen-bond donors (Lipinski definition) is 1. The monoisotopic (exact) mass is 297 g/mol. The summed E-state index contributed by atoms with van der Waals surface area (Å²) in [6, 6.07) is 13.0. The molecule has 0 bridgehead atoms. The second-order valence-corrected chi connectivity index (χ2v) is 6.00. The number of thiophene rings is 1. The molecule has 21 heavy (non-hydrogen) atoms. The Morgan fingerprint density at radius 1 is 1.05 bits per heavy atom. The molecule has 3 rings (SSSR count). The third kappa shape index (κ3) is 3.23. The summed E-state index contributed by atoms with van der Waals surface area (Å²) in [6.45, 7) is 4.37. The van der Waals surface area contributed by atoms with Crippen molar-refractivity contribution in [2.24, 2.45) is 0 Å². The van der Waals surface area contributed by atoms with E-state index >= 15 is 0 Å². The zero-order chi connectivity index (χ0) is 14.7. The van der Waals surface area contributed by atoms with E-state index in [1.54, 1.807) is 11.3 Å². The second kappa shape index (κ2) is 6.24. The van der Waals surface area contributed by atoms with Crippen molar-refractivity contribution >= 4 is 11.3 Å². The molecule has 2 atom stereocenters. The molecule has 0 aliphatic rings. The molecule has 2 aromatic heterocycles. The number of rotatable bonds is 5. The molecular formula is C17H19N3S. The van der Waals surface area contributed by atoms with Gasteiger partial charge in [-0.1, -0.05) is 18.2 Å². The van der Waals surface area contributed by atoms with E-state index in [4.69, 9.17) is 0 Å². The largest absolute Gasteiger partial charge is 0.304 e. The summed E-state index contributed by atoms with van der Waals surface area (Å²) in [6.07, 6.45) is 4.03. The summed E-state index contributed by atoms with van der Waals surface area (Å²) >= 11 is 1.74. The first-order valence-corrected chi connectivity index (χ1v) is 8.06. The van der Waals surface area contributed by atoms with Crippen LogP contribution in [0.4, 0.5) is 0 Å². The van der Waals surface area contributed by atoms with Crippen LogP contribution < -0.4 is 5.32 Å². The molecule has 0 spiro atoms. The second-order valence-electron chi connectivity index (χ2n) is 5.22. The number of para-hydroxylation sites is 1. The molecule has 0 fully saturated rings. The molecule has 0 aliphatic carbocycles. The van der Waals surface area contributed by atoms with Gasteiger partial charge in [-0.05, 0) is 48.4 Å². The highest BCUT2D eigenvalue weighted by atomic mass is 32.1. The molecule has 4 heteroatoms. The number of aromatic nitrogens is 2. The molecule has 0 saturated carbocycles. The zero-order valence-electron chi connectivity index (χ0n) is 12.2. The van der Waals surface area contributed by atoms with Gasteiger partial charge in [0.2, 0.25) is 0 Å². The first kappa shape index (κ1) is 14.0. The third-order valence-electron chi connectivity index (χ3n) is 3.67. The van der Waals surface area contributed by atoms with Crippen molar-refractivity contribution in [1.29, 1.82) is 0 Å². The smallest absolute Gasteiger partial charge is 0.0645 e. The maximum absolute atomic E-state index is 4.46. The fourth-order valence-electron chi connectivity index (χ4n) is 2.37. The summed E-state index contributed by atoms with van der Waals surface area (Å²) in [4.78, 5) is 0. The van der Waals surface area contributed by atoms with Gasteiger partial charge in [0.1, 0.15) is 0 Å². The van der Waals surface area contributed by atoms with Gasteiger partial charge in [0.25, 0.3) is 0 Å². The van der Waals surface area contributed by atoms with Crippen LogP contribution in [-0.4, -0.2) is 9.78 Å². The van der Waals surface area contributed by atoms with Crippen LogP contribution in [0.3, 0.4) is 0 Å². The van der Waals surface area contributed by atoms with E-state index in [9.17, 15) is 0 Å². The van der Waals surface area contributed by atoms with Crippen LogP contribution in [0.2, 0.25) is 0 Å². The zero-order valence-corrected chi connectivity index (χ0v) is 13.0. The lowest BCUT2D eigenvalue weighted by Crippen LogP contribution is -2.21. The van der Waals surface area contributed by atoms with E-state index in [0.717, 1.165) is 5.69 Å². The highest BCUT2D eigenvalue weighted by Crippen LogP contribution is 2.21. The van der Waals surface area contributed by atoms with Crippen molar-refractivity contribution < 1.29 is 0 Å². The number of nitrogens with zero attached hydrogens (tertiary/aromatic N) is 2. The molecule has 3 nitrogen and oxygen atoms in total. The lowest BCUT2D eigenvalue weighted by molar-refractivity contribution is 0.495. The average molecular weight is 297 g/mol. The van der Waals surface area contributed by atoms with Gasteiger partial charge >= 0.3 is 0 Å². The van der Waals surface area contributed by atoms with Crippen LogP contribution in [0.15, 0.2) is 59.6 Å². The summed E-state index contributed by atoms with van der Waals surface area (Å²) in [5.41, 5.74) is 3.62. The maximum Gasteiger partial charge on any atom is 0.0645 e. The van der Waals surface area contributed by atoms with Crippen molar-refractivity contribution in [3.63, 3.8) is 0 Å². The Morgan fingerprint density at radius 2 is 1.81 bits per heavy atom. The molecule has 1 aromatic carbocycles. The minimum absolute atomic E-state index is 0.261. The molecule has 1 N–H and O–H groups in total. The predicted molar refractivity (Wildman–Crippen MR) is 87.8 cm³/mol. The Morgan fingerprint density at radius 3 is 2.52 bits per heavy atom. The fraction of sp³-hybridized carbons (Fsp3) is 0.235. The van der Waals surface area contributed by atoms with Crippen LogP contribution in [-0.2, 0) is 0 Å². The van der Waals surface area contributed by atoms with Gasteiger partial charge in [0, 0.05) is 23.8 Å². The van der Waals surface area contributed by atoms with Gasteiger partial charge in [0.15, 0.2) is 0 Å². The van der Waals surface area contributed by atoms with E-state index in [2.05, 4.69) is 59.4 Å². The van der Waals surface area contributed by atoms with Crippen molar-refractivity contribution in [1.82, 2.24) is 15.1 Å². The normalized spacial score (nSPS) is 14.0. The van der Waals surface area contributed by atoms with Crippen molar-refractivity contribution in [2.45, 2.75) is 25.9 Å². The van der Waals surface area contributed by atoms with E-state index < -0.39 is 0 Å². The Balaban J connectivity index is 1.71. The molecule has 2 heterocycles. The highest BCUT2D eigenvalue weighted by molar-refractivity contribution is 7.07. The topological polar surface area (TPSA) is 29.9 Å². The van der Waals surface area contributed by atoms with Crippen LogP contribution in [0.5, 0.6) is 0 Å². The van der Waals surface area contributed by atoms with Crippen LogP contribution >= 0.6 is 11.3 Å². The molecule has 2 unspecified atom stereocenters. The predicted octanol–water partition coefficient (Wildman–Crippen LogP) is 4.35. The van der Waals surface area contributed by atoms with Gasteiger partial charge in [-0.2, -0.15) is 16.4 Å². The van der Waals surface area contributed by atoms with Gasteiger partial charge in [-0.3, -0.25) is 0 Å². The number of nitrogens with one attached hydrogen (secondary N) is 1. The standard InChI is InChI=1S/C17H19N3S/c1-13(15-8-9-21-12-15)19-14(2)16-10-18-20(11-16)17-6-4-3-5-7-17/h3-14,19H,1-2H3. The quantitative estimate of drug-likeness (QED) is 0.759. The highest BCUT2D eigenvalue weighted by Gasteiger charge is 2.13. The van der Waals surface area contributed by atoms with Gasteiger partial charge < -0.3 is 5.32 Å². The minimum Gasteiger partial charge on any atom is -0.304 e. The van der Waals surface area contributed by atoms with E-state index in [1.807, 2.05) is 29.1 Å². The van der Waals surface area contributed by atoms with Gasteiger partial charge in [0.05, 0.1) is 11.9 Å². The maximum atomic E-state index is 4.46. The van der Waals surface area contributed by atoms with E-state index in [-0.39, 0.29) is 6.04 Å². The first-order chi connectivity index (χ1) is 10.2. The third-order valence-corrected chi connectivity index (χ3v) is 4.37. The summed E-state index contributed by atoms with van der Waals surface area (Å²) in [5, 5.41) is 12.4. The molecule has 108 valence electrons. The lowest BCUT2D eigenvalue weighted by Gasteiger charge is -2.18. The van der Waals surface area contributed by atoms with E-state index in [0.29, 0.717) is 6.04 Å². The number of benzene rings is 1. The van der Waals surface area contributed by atoms with Gasteiger partial charge in [-0.25, -0.2) is 4.68 Å². The summed E-state index contributed by atoms with van der Waals surface area (Å²) in [7, 11) is 0. The summed E-state index contributed by atoms with van der Waals surface area (Å²) < 4.78 is 1.92. The number of hydrogen-bond acceptors (Lipinski definition) is 3. The minimum atomic E-state index is 0.261. The molecular weight excluding hydrogens is 278 g/mol. The van der Waals surface area contributed by atoms with Crippen molar-refractivity contribution in [2.75, 3.05) is 0 Å². The van der Waals surface area contributed by atoms with Crippen molar-refractivity contribution in [3.8, 4) is 5.69 Å². The average Bonchev–Trinajstić information content (AvgIpc) is 3.20. The van der Waals surface area contributed by atoms with Crippen LogP contribution in [0, 0.1) is 0 Å². The molecule has 0 amide bonds. The molecule has 0 radical (unpaired) electrons. The van der Waals surface area contributed by atoms with E-state index in [1.165, 1.54) is 11.1 Å². The SMILES string of the molecule is CC(NC(C)c1cnn(-c2ccccc2)c1)c1ccsc1. The Hall–Kier alpha value is -1.91. The molecule has 0 saturated heterocycles. The first-order valence-electron chi connectivity index (χ1n) is 7.12. The fourth-order valence-corrected chi connectivity index (χ4v) is 3.13. The Labute approximate surface area is 129 Å². The van der Waals surface area contributed by atoms with Crippen molar-refractivity contribution in [3.05, 3.63) is 70.7 Å². The molecule has 0 aliphatic heterocycles. The van der Waals surface area contributed by atoms with Crippen LogP contribution in [0.1, 0.15) is 37.1 Å². The molecule has 3 aromatic rings. The summed E-state index contributed by atoms with van der Waals surface area (Å²) in [5.74, 6) is 0. The lowest BCUT2D eigenvalue weighted by atomic mass is 10.1. The van der Waals surface area contributed by atoms with Gasteiger partial charge in [-0.15, -0.1) is 0 Å². The Bertz CT molecular complexity index is 673. The van der Waals surface area contributed by atoms with Crippen LogP contribution in [0.25, 0.3) is 5.69 Å².